The van der Waals surface area contributed by atoms with Crippen LogP contribution in [-0.4, -0.2) is 14.6 Å². The van der Waals surface area contributed by atoms with Gasteiger partial charge in [0.25, 0.3) is 0 Å². The first-order valence-corrected chi connectivity index (χ1v) is 8.49. The summed E-state index contributed by atoms with van der Waals surface area (Å²) in [6.07, 6.45) is -4.30. The standard InChI is InChI=1S/C14H5Cl2F7N2OS/c15-8-1-6(13(18,19)20)2-9(16)12(8)25-5-11(27(26)14(21,22)23)7(4-24)10(25)3-17/h1-2,5H,3H2. The van der Waals surface area contributed by atoms with Crippen LogP contribution in [0.2, 0.25) is 10.0 Å². The Morgan fingerprint density at radius 2 is 1.63 bits per heavy atom. The van der Waals surface area contributed by atoms with E-state index in [9.17, 15) is 35.3 Å². The number of hydrogen-bond donors (Lipinski definition) is 0. The van der Waals surface area contributed by atoms with Gasteiger partial charge in [-0.05, 0) is 12.1 Å². The highest BCUT2D eigenvalue weighted by Crippen LogP contribution is 2.41. The number of nitriles is 1. The first-order valence-electron chi connectivity index (χ1n) is 6.58. The van der Waals surface area contributed by atoms with Crippen LogP contribution >= 0.6 is 23.2 Å². The summed E-state index contributed by atoms with van der Waals surface area (Å²) in [6, 6.07) is 2.20. The van der Waals surface area contributed by atoms with Crippen molar-refractivity contribution in [2.24, 2.45) is 0 Å². The van der Waals surface area contributed by atoms with E-state index in [2.05, 4.69) is 0 Å². The summed E-state index contributed by atoms with van der Waals surface area (Å²) < 4.78 is 102. The smallest absolute Gasteiger partial charge is 0.578 e. The zero-order valence-electron chi connectivity index (χ0n) is 12.6. The molecule has 2 aromatic rings. The number of aromatic nitrogens is 1. The molecule has 0 aliphatic rings. The van der Waals surface area contributed by atoms with E-state index in [0.717, 1.165) is 0 Å². The van der Waals surface area contributed by atoms with Crippen LogP contribution in [-0.2, 0) is 24.0 Å². The Morgan fingerprint density at radius 3 is 2.00 bits per heavy atom. The molecule has 0 aliphatic carbocycles. The van der Waals surface area contributed by atoms with Gasteiger partial charge in [-0.3, -0.25) is 0 Å². The van der Waals surface area contributed by atoms with Crippen molar-refractivity contribution in [2.45, 2.75) is 23.3 Å². The second-order valence-corrected chi connectivity index (χ2v) is 7.19. The molecule has 0 radical (unpaired) electrons. The Bertz CT molecular complexity index is 895. The van der Waals surface area contributed by atoms with Gasteiger partial charge in [0, 0.05) is 0 Å². The van der Waals surface area contributed by atoms with Crippen LogP contribution in [0.3, 0.4) is 0 Å². The van der Waals surface area contributed by atoms with Crippen LogP contribution in [0.1, 0.15) is 16.8 Å². The van der Waals surface area contributed by atoms with Gasteiger partial charge in [-0.15, -0.1) is 13.2 Å². The molecule has 13 heteroatoms. The van der Waals surface area contributed by atoms with Gasteiger partial charge in [0.05, 0.1) is 33.2 Å². The molecular formula is C14H5Cl2F7N2OS. The van der Waals surface area contributed by atoms with Crippen LogP contribution < -0.4 is 0 Å². The van der Waals surface area contributed by atoms with Crippen molar-refractivity contribution < 1.29 is 35.3 Å². The van der Waals surface area contributed by atoms with E-state index in [1.807, 2.05) is 0 Å². The molecule has 0 fully saturated rings. The van der Waals surface area contributed by atoms with Gasteiger partial charge in [-0.25, -0.2) is 4.39 Å². The SMILES string of the molecule is N#Cc1c([S+]([O-])C(F)(F)F)cn(-c2c(Cl)cc(C(F)(F)F)cc2Cl)c1CF. The topological polar surface area (TPSA) is 51.8 Å². The minimum Gasteiger partial charge on any atom is -0.604 e. The highest BCUT2D eigenvalue weighted by molar-refractivity contribution is 7.92. The Morgan fingerprint density at radius 1 is 1.11 bits per heavy atom. The lowest BCUT2D eigenvalue weighted by Crippen LogP contribution is -2.23. The molecule has 3 nitrogen and oxygen atoms in total. The molecule has 1 unspecified atom stereocenters. The zero-order chi connectivity index (χ0) is 20.7. The van der Waals surface area contributed by atoms with E-state index < -0.39 is 67.0 Å². The zero-order valence-corrected chi connectivity index (χ0v) is 14.9. The van der Waals surface area contributed by atoms with Gasteiger partial charge in [0.1, 0.15) is 29.5 Å². The van der Waals surface area contributed by atoms with Crippen LogP contribution in [0.4, 0.5) is 30.7 Å². The number of rotatable bonds is 3. The molecule has 1 aromatic carbocycles. The summed E-state index contributed by atoms with van der Waals surface area (Å²) in [6.45, 7) is -1.49. The molecule has 0 saturated heterocycles. The third-order valence-corrected chi connectivity index (χ3v) is 5.01. The van der Waals surface area contributed by atoms with Crippen LogP contribution in [0.25, 0.3) is 5.69 Å². The third-order valence-electron chi connectivity index (χ3n) is 3.31. The van der Waals surface area contributed by atoms with Gasteiger partial charge < -0.3 is 9.12 Å². The Balaban J connectivity index is 2.78. The summed E-state index contributed by atoms with van der Waals surface area (Å²) in [7, 11) is 0. The lowest BCUT2D eigenvalue weighted by molar-refractivity contribution is -0.137. The highest BCUT2D eigenvalue weighted by Gasteiger charge is 2.48. The predicted molar refractivity (Wildman–Crippen MR) is 82.8 cm³/mol. The Kier molecular flexibility index (Phi) is 5.96. The molecule has 1 atom stereocenters. The summed E-state index contributed by atoms with van der Waals surface area (Å²) in [5, 5.41) is 7.73. The van der Waals surface area contributed by atoms with Crippen LogP contribution in [0, 0.1) is 11.3 Å². The fourth-order valence-corrected chi connectivity index (χ4v) is 3.67. The molecule has 0 aliphatic heterocycles. The van der Waals surface area contributed by atoms with E-state index in [1.165, 1.54) is 6.07 Å². The van der Waals surface area contributed by atoms with Crippen molar-refractivity contribution in [1.29, 1.82) is 5.26 Å². The molecule has 0 saturated carbocycles. The molecule has 146 valence electrons. The first-order chi connectivity index (χ1) is 12.3. The highest BCUT2D eigenvalue weighted by atomic mass is 35.5. The van der Waals surface area contributed by atoms with E-state index in [0.29, 0.717) is 22.9 Å². The van der Waals surface area contributed by atoms with Crippen molar-refractivity contribution in [3.8, 4) is 11.8 Å². The fraction of sp³-hybridized carbons (Fsp3) is 0.214. The van der Waals surface area contributed by atoms with Crippen LogP contribution in [0.5, 0.6) is 0 Å². The third kappa shape index (κ3) is 4.13. The van der Waals surface area contributed by atoms with Gasteiger partial charge in [0.15, 0.2) is 4.90 Å². The largest absolute Gasteiger partial charge is 0.604 e. The molecule has 0 spiro atoms. The monoisotopic (exact) mass is 452 g/mol. The number of nitrogens with zero attached hydrogens (tertiary/aromatic N) is 2. The second kappa shape index (κ2) is 7.43. The van der Waals surface area contributed by atoms with Crippen molar-refractivity contribution in [3.05, 3.63) is 45.2 Å². The minimum absolute atomic E-state index is 0.442. The minimum atomic E-state index is -5.25. The van der Waals surface area contributed by atoms with E-state index in [-0.39, 0.29) is 0 Å². The maximum Gasteiger partial charge on any atom is 0.578 e. The second-order valence-electron chi connectivity index (χ2n) is 4.93. The number of halogens is 9. The van der Waals surface area contributed by atoms with Gasteiger partial charge >= 0.3 is 11.7 Å². The maximum absolute atomic E-state index is 13.4. The van der Waals surface area contributed by atoms with Crippen molar-refractivity contribution >= 4 is 34.4 Å². The summed E-state index contributed by atoms with van der Waals surface area (Å²) >= 11 is 7.85. The summed E-state index contributed by atoms with van der Waals surface area (Å²) in [4.78, 5) is -1.07. The van der Waals surface area contributed by atoms with E-state index in [4.69, 9.17) is 28.5 Å². The lowest BCUT2D eigenvalue weighted by atomic mass is 10.2. The quantitative estimate of drug-likeness (QED) is 0.438. The van der Waals surface area contributed by atoms with E-state index in [1.54, 1.807) is 0 Å². The van der Waals surface area contributed by atoms with Crippen LogP contribution in [0.15, 0.2) is 23.2 Å². The molecule has 0 amide bonds. The molecule has 2 rings (SSSR count). The van der Waals surface area contributed by atoms with Gasteiger partial charge in [0.2, 0.25) is 0 Å². The molecule has 0 N–H and O–H groups in total. The summed E-state index contributed by atoms with van der Waals surface area (Å²) in [5.41, 5.74) is -8.54. The molecule has 1 heterocycles. The normalized spacial score (nSPS) is 13.5. The van der Waals surface area contributed by atoms with Gasteiger partial charge in [-0.2, -0.15) is 18.4 Å². The fourth-order valence-electron chi connectivity index (χ4n) is 2.20. The Labute approximate surface area is 160 Å². The first kappa shape index (κ1) is 21.7. The molecule has 1 aromatic heterocycles. The molecule has 0 bridgehead atoms. The Hall–Kier alpha value is -1.61. The van der Waals surface area contributed by atoms with Crippen molar-refractivity contribution in [3.63, 3.8) is 0 Å². The average molecular weight is 453 g/mol. The molecular weight excluding hydrogens is 448 g/mol. The van der Waals surface area contributed by atoms with Gasteiger partial charge in [-0.1, -0.05) is 23.2 Å². The van der Waals surface area contributed by atoms with E-state index >= 15 is 0 Å². The van der Waals surface area contributed by atoms with Crippen molar-refractivity contribution in [2.75, 3.05) is 0 Å². The lowest BCUT2D eigenvalue weighted by Gasteiger charge is -2.14. The summed E-state index contributed by atoms with van der Waals surface area (Å²) in [5.74, 6) is 0. The number of benzene rings is 1. The maximum atomic E-state index is 13.4. The number of hydrogen-bond acceptors (Lipinski definition) is 2. The molecule has 27 heavy (non-hydrogen) atoms. The van der Waals surface area contributed by atoms with Crippen molar-refractivity contribution in [1.82, 2.24) is 4.57 Å². The average Bonchev–Trinajstić information content (AvgIpc) is 2.89. The number of alkyl halides is 7. The predicted octanol–water partition coefficient (Wildman–Crippen LogP) is 5.77.